The first-order chi connectivity index (χ1) is 5.75. The summed E-state index contributed by atoms with van der Waals surface area (Å²) >= 11 is 1.62. The Kier molecular flexibility index (Phi) is 3.44. The quantitative estimate of drug-likeness (QED) is 0.723. The van der Waals surface area contributed by atoms with Crippen LogP contribution in [0.2, 0.25) is 0 Å². The zero-order chi connectivity index (χ0) is 8.97. The number of thiazole rings is 1. The summed E-state index contributed by atoms with van der Waals surface area (Å²) in [6.45, 7) is 8.98. The minimum Gasteiger partial charge on any atom is -0.306 e. The van der Waals surface area contributed by atoms with Crippen molar-refractivity contribution in [2.45, 2.75) is 19.9 Å². The average molecular weight is 182 g/mol. The molecule has 0 aliphatic rings. The Hall–Kier alpha value is -0.670. The van der Waals surface area contributed by atoms with Crippen LogP contribution in [-0.4, -0.2) is 11.5 Å². The van der Waals surface area contributed by atoms with Crippen LogP contribution < -0.4 is 5.32 Å². The summed E-state index contributed by atoms with van der Waals surface area (Å²) in [6, 6.07) is 0.223. The molecular formula is C9H14N2S. The number of aromatic nitrogens is 1. The summed E-state index contributed by atoms with van der Waals surface area (Å²) in [5.41, 5.74) is 4.04. The van der Waals surface area contributed by atoms with Crippen LogP contribution in [0.4, 0.5) is 0 Å². The van der Waals surface area contributed by atoms with Crippen LogP contribution in [0.5, 0.6) is 0 Å². The van der Waals surface area contributed by atoms with Crippen LogP contribution in [0.25, 0.3) is 0 Å². The van der Waals surface area contributed by atoms with Gasteiger partial charge in [-0.3, -0.25) is 0 Å². The van der Waals surface area contributed by atoms with Gasteiger partial charge in [-0.05, 0) is 13.5 Å². The van der Waals surface area contributed by atoms with Crippen molar-refractivity contribution < 1.29 is 0 Å². The lowest BCUT2D eigenvalue weighted by Gasteiger charge is -2.14. The number of likely N-dealkylation sites (N-methyl/N-ethyl adjacent to an activating group) is 1. The third kappa shape index (κ3) is 2.16. The zero-order valence-electron chi connectivity index (χ0n) is 7.50. The van der Waals surface area contributed by atoms with E-state index in [1.165, 1.54) is 0 Å². The SMILES string of the molecule is C=C(C)C(NCC)c1cscn1. The fourth-order valence-electron chi connectivity index (χ4n) is 1.10. The molecule has 0 aliphatic heterocycles. The van der Waals surface area contributed by atoms with Gasteiger partial charge in [-0.2, -0.15) is 0 Å². The predicted molar refractivity (Wildman–Crippen MR) is 53.3 cm³/mol. The van der Waals surface area contributed by atoms with Crippen molar-refractivity contribution in [1.29, 1.82) is 0 Å². The third-order valence-electron chi connectivity index (χ3n) is 1.65. The molecule has 1 heterocycles. The lowest BCUT2D eigenvalue weighted by Crippen LogP contribution is -2.21. The topological polar surface area (TPSA) is 24.9 Å². The van der Waals surface area contributed by atoms with Gasteiger partial charge >= 0.3 is 0 Å². The second-order valence-electron chi connectivity index (χ2n) is 2.75. The normalized spacial score (nSPS) is 12.8. The molecule has 0 radical (unpaired) electrons. The van der Waals surface area contributed by atoms with Crippen LogP contribution in [0, 0.1) is 0 Å². The first kappa shape index (κ1) is 9.42. The first-order valence-corrected chi connectivity index (χ1v) is 4.96. The van der Waals surface area contributed by atoms with Gasteiger partial charge in [-0.25, -0.2) is 4.98 Å². The van der Waals surface area contributed by atoms with Crippen LogP contribution >= 0.6 is 11.3 Å². The second kappa shape index (κ2) is 4.38. The van der Waals surface area contributed by atoms with E-state index < -0.39 is 0 Å². The summed E-state index contributed by atoms with van der Waals surface area (Å²) < 4.78 is 0. The first-order valence-electron chi connectivity index (χ1n) is 4.02. The molecule has 3 heteroatoms. The molecule has 1 aromatic rings. The molecule has 1 rings (SSSR count). The maximum absolute atomic E-state index is 4.25. The van der Waals surface area contributed by atoms with Crippen LogP contribution in [-0.2, 0) is 0 Å². The minimum atomic E-state index is 0.223. The van der Waals surface area contributed by atoms with Crippen LogP contribution in [0.3, 0.4) is 0 Å². The summed E-state index contributed by atoms with van der Waals surface area (Å²) in [5, 5.41) is 5.39. The van der Waals surface area contributed by atoms with Gasteiger partial charge < -0.3 is 5.32 Å². The lowest BCUT2D eigenvalue weighted by molar-refractivity contribution is 0.610. The summed E-state index contributed by atoms with van der Waals surface area (Å²) in [6.07, 6.45) is 0. The molecule has 0 aliphatic carbocycles. The Morgan fingerprint density at radius 2 is 2.58 bits per heavy atom. The van der Waals surface area contributed by atoms with Gasteiger partial charge in [0.15, 0.2) is 0 Å². The van der Waals surface area contributed by atoms with Crippen LogP contribution in [0.15, 0.2) is 23.0 Å². The maximum atomic E-state index is 4.25. The molecule has 12 heavy (non-hydrogen) atoms. The van der Waals surface area contributed by atoms with Crippen molar-refractivity contribution in [3.05, 3.63) is 28.7 Å². The van der Waals surface area contributed by atoms with Crippen molar-refractivity contribution in [3.63, 3.8) is 0 Å². The number of nitrogens with zero attached hydrogens (tertiary/aromatic N) is 1. The standard InChI is InChI=1S/C9H14N2S/c1-4-10-9(7(2)3)8-5-12-6-11-8/h5-6,9-10H,2,4H2,1,3H3. The van der Waals surface area contributed by atoms with Gasteiger partial charge in [0.1, 0.15) is 0 Å². The minimum absolute atomic E-state index is 0.223. The highest BCUT2D eigenvalue weighted by atomic mass is 32.1. The maximum Gasteiger partial charge on any atom is 0.0795 e. The Morgan fingerprint density at radius 3 is 3.00 bits per heavy atom. The van der Waals surface area contributed by atoms with E-state index in [2.05, 4.69) is 29.2 Å². The Balaban J connectivity index is 2.73. The van der Waals surface area contributed by atoms with E-state index in [9.17, 15) is 0 Å². The Labute approximate surface area is 77.3 Å². The van der Waals surface area contributed by atoms with Crippen molar-refractivity contribution >= 4 is 11.3 Å². The Morgan fingerprint density at radius 1 is 1.83 bits per heavy atom. The number of hydrogen-bond donors (Lipinski definition) is 1. The van der Waals surface area contributed by atoms with Crippen LogP contribution in [0.1, 0.15) is 25.6 Å². The van der Waals surface area contributed by atoms with Gasteiger partial charge in [0.05, 0.1) is 17.2 Å². The molecule has 0 bridgehead atoms. The van der Waals surface area contributed by atoms with Gasteiger partial charge in [0, 0.05) is 5.38 Å². The van der Waals surface area contributed by atoms with Crippen molar-refractivity contribution in [2.24, 2.45) is 0 Å². The van der Waals surface area contributed by atoms with E-state index in [-0.39, 0.29) is 6.04 Å². The van der Waals surface area contributed by atoms with Gasteiger partial charge in [0.25, 0.3) is 0 Å². The molecule has 0 amide bonds. The van der Waals surface area contributed by atoms with Crippen molar-refractivity contribution in [2.75, 3.05) is 6.54 Å². The van der Waals surface area contributed by atoms with E-state index in [0.717, 1.165) is 17.8 Å². The second-order valence-corrected chi connectivity index (χ2v) is 3.47. The molecular weight excluding hydrogens is 168 g/mol. The summed E-state index contributed by atoms with van der Waals surface area (Å²) in [7, 11) is 0. The highest BCUT2D eigenvalue weighted by Crippen LogP contribution is 2.19. The molecule has 0 saturated carbocycles. The van der Waals surface area contributed by atoms with Gasteiger partial charge in [-0.1, -0.05) is 19.1 Å². The van der Waals surface area contributed by atoms with Crippen molar-refractivity contribution in [3.8, 4) is 0 Å². The molecule has 1 unspecified atom stereocenters. The van der Waals surface area contributed by atoms with E-state index in [4.69, 9.17) is 0 Å². The van der Waals surface area contributed by atoms with Crippen molar-refractivity contribution in [1.82, 2.24) is 10.3 Å². The number of hydrogen-bond acceptors (Lipinski definition) is 3. The smallest absolute Gasteiger partial charge is 0.0795 e. The molecule has 0 spiro atoms. The molecule has 0 aromatic carbocycles. The number of nitrogens with one attached hydrogen (secondary N) is 1. The monoisotopic (exact) mass is 182 g/mol. The van der Waals surface area contributed by atoms with E-state index in [1.807, 2.05) is 12.4 Å². The summed E-state index contributed by atoms with van der Waals surface area (Å²) in [4.78, 5) is 4.25. The molecule has 0 saturated heterocycles. The van der Waals surface area contributed by atoms with E-state index in [0.29, 0.717) is 0 Å². The molecule has 0 fully saturated rings. The molecule has 1 aromatic heterocycles. The predicted octanol–water partition coefficient (Wildman–Crippen LogP) is 2.37. The molecule has 2 nitrogen and oxygen atoms in total. The largest absolute Gasteiger partial charge is 0.306 e. The Bertz CT molecular complexity index is 241. The molecule has 66 valence electrons. The fourth-order valence-corrected chi connectivity index (χ4v) is 1.68. The van der Waals surface area contributed by atoms with E-state index in [1.54, 1.807) is 11.3 Å². The molecule has 1 atom stereocenters. The lowest BCUT2D eigenvalue weighted by atomic mass is 10.1. The summed E-state index contributed by atoms with van der Waals surface area (Å²) in [5.74, 6) is 0. The van der Waals surface area contributed by atoms with E-state index >= 15 is 0 Å². The average Bonchev–Trinajstić information content (AvgIpc) is 2.51. The molecule has 1 N–H and O–H groups in total. The number of rotatable bonds is 4. The highest BCUT2D eigenvalue weighted by molar-refractivity contribution is 7.07. The zero-order valence-corrected chi connectivity index (χ0v) is 8.32. The van der Waals surface area contributed by atoms with Gasteiger partial charge in [0.2, 0.25) is 0 Å². The third-order valence-corrected chi connectivity index (χ3v) is 2.25. The van der Waals surface area contributed by atoms with Gasteiger partial charge in [-0.15, -0.1) is 11.3 Å². The highest BCUT2D eigenvalue weighted by Gasteiger charge is 2.11. The fraction of sp³-hybridized carbons (Fsp3) is 0.444.